The maximum absolute atomic E-state index is 13.2. The molecule has 1 unspecified atom stereocenters. The van der Waals surface area contributed by atoms with Crippen LogP contribution in [0.1, 0.15) is 37.2 Å². The van der Waals surface area contributed by atoms with E-state index in [-0.39, 0.29) is 24.2 Å². The van der Waals surface area contributed by atoms with Crippen molar-refractivity contribution < 1.29 is 23.5 Å². The molecule has 1 aromatic carbocycles. The number of fused-ring (bicyclic) bond motifs is 1. The standard InChI is InChI=1S/C23H28N2O5/c1-3-28-20-10-16-7-8-24(13-17(16)11-21(20)29-4-2)23(27)18-12-22(26)25(14-18)15-19-6-5-9-30-19/h5-6,9-11,18H,3-4,7-8,12-15H2,1-2H3. The Morgan fingerprint density at radius 2 is 1.90 bits per heavy atom. The summed E-state index contributed by atoms with van der Waals surface area (Å²) in [7, 11) is 0. The number of rotatable bonds is 7. The zero-order chi connectivity index (χ0) is 21.1. The van der Waals surface area contributed by atoms with E-state index in [9.17, 15) is 9.59 Å². The Morgan fingerprint density at radius 3 is 2.57 bits per heavy atom. The zero-order valence-electron chi connectivity index (χ0n) is 17.6. The number of hydrogen-bond acceptors (Lipinski definition) is 5. The zero-order valence-corrected chi connectivity index (χ0v) is 17.6. The van der Waals surface area contributed by atoms with Crippen LogP contribution >= 0.6 is 0 Å². The highest BCUT2D eigenvalue weighted by Crippen LogP contribution is 2.34. The highest BCUT2D eigenvalue weighted by Gasteiger charge is 2.37. The molecule has 2 amide bonds. The number of carbonyl (C=O) groups is 2. The van der Waals surface area contributed by atoms with E-state index in [2.05, 4.69) is 0 Å². The largest absolute Gasteiger partial charge is 0.490 e. The number of likely N-dealkylation sites (tertiary alicyclic amines) is 1. The van der Waals surface area contributed by atoms with Gasteiger partial charge in [0.25, 0.3) is 0 Å². The number of ether oxygens (including phenoxy) is 2. The average molecular weight is 412 g/mol. The summed E-state index contributed by atoms with van der Waals surface area (Å²) in [6.45, 7) is 7.05. The molecule has 1 atom stereocenters. The van der Waals surface area contributed by atoms with E-state index < -0.39 is 0 Å². The van der Waals surface area contributed by atoms with Gasteiger partial charge in [-0.05, 0) is 55.7 Å². The van der Waals surface area contributed by atoms with E-state index in [1.165, 1.54) is 5.56 Å². The molecule has 0 N–H and O–H groups in total. The van der Waals surface area contributed by atoms with Gasteiger partial charge in [0.2, 0.25) is 11.8 Å². The van der Waals surface area contributed by atoms with Gasteiger partial charge in [0.1, 0.15) is 5.76 Å². The Morgan fingerprint density at radius 1 is 1.17 bits per heavy atom. The van der Waals surface area contributed by atoms with Gasteiger partial charge in [-0.15, -0.1) is 0 Å². The van der Waals surface area contributed by atoms with Crippen LogP contribution in [0.2, 0.25) is 0 Å². The lowest BCUT2D eigenvalue weighted by Gasteiger charge is -2.31. The Labute approximate surface area is 176 Å². The molecule has 7 nitrogen and oxygen atoms in total. The van der Waals surface area contributed by atoms with Gasteiger partial charge in [-0.2, -0.15) is 0 Å². The van der Waals surface area contributed by atoms with E-state index in [1.54, 1.807) is 17.2 Å². The molecule has 3 heterocycles. The molecule has 0 spiro atoms. The first-order valence-electron chi connectivity index (χ1n) is 10.6. The number of benzene rings is 1. The molecule has 2 aliphatic rings. The van der Waals surface area contributed by atoms with Crippen molar-refractivity contribution in [3.8, 4) is 11.5 Å². The molecule has 30 heavy (non-hydrogen) atoms. The van der Waals surface area contributed by atoms with Gasteiger partial charge in [0, 0.05) is 26.1 Å². The molecular formula is C23H28N2O5. The molecule has 4 rings (SSSR count). The summed E-state index contributed by atoms with van der Waals surface area (Å²) < 4.78 is 16.8. The normalized spacial score (nSPS) is 18.5. The Balaban J connectivity index is 1.44. The van der Waals surface area contributed by atoms with Crippen LogP contribution in [0.5, 0.6) is 11.5 Å². The number of carbonyl (C=O) groups excluding carboxylic acids is 2. The Kier molecular flexibility index (Phi) is 5.97. The lowest BCUT2D eigenvalue weighted by Crippen LogP contribution is -2.40. The average Bonchev–Trinajstić information content (AvgIpc) is 3.38. The Hall–Kier alpha value is -2.96. The third kappa shape index (κ3) is 4.15. The van der Waals surface area contributed by atoms with Crippen molar-refractivity contribution in [2.75, 3.05) is 26.3 Å². The maximum atomic E-state index is 13.2. The highest BCUT2D eigenvalue weighted by molar-refractivity contribution is 5.89. The minimum atomic E-state index is -0.303. The summed E-state index contributed by atoms with van der Waals surface area (Å²) in [6, 6.07) is 7.68. The lowest BCUT2D eigenvalue weighted by atomic mass is 9.97. The van der Waals surface area contributed by atoms with E-state index in [4.69, 9.17) is 13.9 Å². The van der Waals surface area contributed by atoms with Gasteiger partial charge in [-0.25, -0.2) is 0 Å². The van der Waals surface area contributed by atoms with Crippen molar-refractivity contribution in [1.29, 1.82) is 0 Å². The second-order valence-corrected chi connectivity index (χ2v) is 7.70. The molecule has 1 aromatic heterocycles. The topological polar surface area (TPSA) is 72.2 Å². The minimum absolute atomic E-state index is 0.00199. The van der Waals surface area contributed by atoms with Crippen LogP contribution in [0.3, 0.4) is 0 Å². The van der Waals surface area contributed by atoms with Gasteiger partial charge in [-0.1, -0.05) is 0 Å². The predicted molar refractivity (Wildman–Crippen MR) is 110 cm³/mol. The molecule has 2 aliphatic heterocycles. The fourth-order valence-electron chi connectivity index (χ4n) is 4.23. The summed E-state index contributed by atoms with van der Waals surface area (Å²) in [5.41, 5.74) is 2.27. The third-order valence-electron chi connectivity index (χ3n) is 5.68. The number of nitrogens with zero attached hydrogens (tertiary/aromatic N) is 2. The van der Waals surface area contributed by atoms with Crippen LogP contribution < -0.4 is 9.47 Å². The quantitative estimate of drug-likeness (QED) is 0.699. The predicted octanol–water partition coefficient (Wildman–Crippen LogP) is 3.01. The highest BCUT2D eigenvalue weighted by atomic mass is 16.5. The van der Waals surface area contributed by atoms with Crippen LogP contribution in [0.15, 0.2) is 34.9 Å². The van der Waals surface area contributed by atoms with Crippen molar-refractivity contribution in [2.45, 2.75) is 39.8 Å². The molecule has 1 saturated heterocycles. The summed E-state index contributed by atoms with van der Waals surface area (Å²) in [5, 5.41) is 0. The molecule has 0 aliphatic carbocycles. The first-order chi connectivity index (χ1) is 14.6. The van der Waals surface area contributed by atoms with Gasteiger partial charge < -0.3 is 23.7 Å². The minimum Gasteiger partial charge on any atom is -0.490 e. The smallest absolute Gasteiger partial charge is 0.228 e. The van der Waals surface area contributed by atoms with Gasteiger partial charge in [-0.3, -0.25) is 9.59 Å². The first kappa shape index (κ1) is 20.3. The number of furan rings is 1. The van der Waals surface area contributed by atoms with E-state index in [1.807, 2.05) is 36.9 Å². The third-order valence-corrected chi connectivity index (χ3v) is 5.68. The molecule has 0 bridgehead atoms. The van der Waals surface area contributed by atoms with Crippen LogP contribution in [-0.4, -0.2) is 47.9 Å². The van der Waals surface area contributed by atoms with Crippen LogP contribution in [-0.2, 0) is 29.1 Å². The number of amides is 2. The summed E-state index contributed by atoms with van der Waals surface area (Å²) in [6.07, 6.45) is 2.62. The lowest BCUT2D eigenvalue weighted by molar-refractivity contribution is -0.136. The fraction of sp³-hybridized carbons (Fsp3) is 0.478. The molecule has 2 aromatic rings. The monoisotopic (exact) mass is 412 g/mol. The van der Waals surface area contributed by atoms with Crippen LogP contribution in [0, 0.1) is 5.92 Å². The molecule has 7 heteroatoms. The molecule has 160 valence electrons. The molecule has 0 saturated carbocycles. The van der Waals surface area contributed by atoms with E-state index in [0.717, 1.165) is 23.5 Å². The number of hydrogen-bond donors (Lipinski definition) is 0. The fourth-order valence-corrected chi connectivity index (χ4v) is 4.23. The van der Waals surface area contributed by atoms with E-state index >= 15 is 0 Å². The molecular weight excluding hydrogens is 384 g/mol. The first-order valence-corrected chi connectivity index (χ1v) is 10.6. The SMILES string of the molecule is CCOc1cc2c(cc1OCC)CN(C(=O)C1CC(=O)N(Cc3ccco3)C1)CC2. The molecule has 0 radical (unpaired) electrons. The summed E-state index contributed by atoms with van der Waals surface area (Å²) in [5.74, 6) is 1.95. The summed E-state index contributed by atoms with van der Waals surface area (Å²) >= 11 is 0. The van der Waals surface area contributed by atoms with Crippen molar-refractivity contribution >= 4 is 11.8 Å². The molecule has 1 fully saturated rings. The van der Waals surface area contributed by atoms with Crippen molar-refractivity contribution in [1.82, 2.24) is 9.80 Å². The van der Waals surface area contributed by atoms with Gasteiger partial charge in [0.05, 0.1) is 31.9 Å². The van der Waals surface area contributed by atoms with Crippen molar-refractivity contribution in [3.63, 3.8) is 0 Å². The van der Waals surface area contributed by atoms with Crippen LogP contribution in [0.4, 0.5) is 0 Å². The maximum Gasteiger partial charge on any atom is 0.228 e. The van der Waals surface area contributed by atoms with Crippen LogP contribution in [0.25, 0.3) is 0 Å². The van der Waals surface area contributed by atoms with Gasteiger partial charge in [0.15, 0.2) is 11.5 Å². The Bertz CT molecular complexity index is 909. The van der Waals surface area contributed by atoms with Crippen molar-refractivity contribution in [2.24, 2.45) is 5.92 Å². The van der Waals surface area contributed by atoms with Gasteiger partial charge >= 0.3 is 0 Å². The van der Waals surface area contributed by atoms with Crippen molar-refractivity contribution in [3.05, 3.63) is 47.4 Å². The second kappa shape index (κ2) is 8.81. The van der Waals surface area contributed by atoms with E-state index in [0.29, 0.717) is 45.1 Å². The summed E-state index contributed by atoms with van der Waals surface area (Å²) in [4.78, 5) is 29.1. The second-order valence-electron chi connectivity index (χ2n) is 7.70.